The van der Waals surface area contributed by atoms with E-state index in [0.29, 0.717) is 23.9 Å². The molecule has 0 amide bonds. The van der Waals surface area contributed by atoms with Gasteiger partial charge < -0.3 is 9.30 Å². The maximum atomic E-state index is 11.0. The van der Waals surface area contributed by atoms with E-state index in [2.05, 4.69) is 11.9 Å². The largest absolute Gasteiger partial charge is 0.494 e. The summed E-state index contributed by atoms with van der Waals surface area (Å²) in [7, 11) is 0. The summed E-state index contributed by atoms with van der Waals surface area (Å²) < 4.78 is 7.53. The van der Waals surface area contributed by atoms with Crippen molar-refractivity contribution in [1.29, 1.82) is 0 Å². The summed E-state index contributed by atoms with van der Waals surface area (Å²) in [6.07, 6.45) is 5.76. The highest BCUT2D eigenvalue weighted by Gasteiger charge is 2.09. The fourth-order valence-corrected chi connectivity index (χ4v) is 2.47. The number of carbonyl (C=O) groups is 1. The number of aryl methyl sites for hydroxylation is 1. The van der Waals surface area contributed by atoms with Crippen LogP contribution in [0.25, 0.3) is 0 Å². The molecule has 0 aliphatic carbocycles. The molecule has 0 saturated heterocycles. The Hall–Kier alpha value is -1.81. The van der Waals surface area contributed by atoms with Crippen molar-refractivity contribution < 1.29 is 9.53 Å². The number of benzene rings is 1. The van der Waals surface area contributed by atoms with Crippen LogP contribution in [-0.4, -0.2) is 22.4 Å². The van der Waals surface area contributed by atoms with Crippen molar-refractivity contribution in [3.05, 3.63) is 46.5 Å². The van der Waals surface area contributed by atoms with E-state index in [-0.39, 0.29) is 0 Å². The summed E-state index contributed by atoms with van der Waals surface area (Å²) >= 11 is 6.33. The lowest BCUT2D eigenvalue weighted by Gasteiger charge is -2.11. The zero-order valence-corrected chi connectivity index (χ0v) is 13.8. The molecule has 0 spiro atoms. The summed E-state index contributed by atoms with van der Waals surface area (Å²) in [6, 6.07) is 5.68. The molecule has 0 radical (unpaired) electrons. The van der Waals surface area contributed by atoms with Crippen LogP contribution in [0.2, 0.25) is 5.02 Å². The minimum atomic E-state index is 0.523. The number of unbranched alkanes of at least 4 members (excludes halogenated alkanes) is 2. The number of carbonyl (C=O) groups excluding carboxylic acids is 1. The van der Waals surface area contributed by atoms with Crippen molar-refractivity contribution in [2.75, 3.05) is 6.61 Å². The van der Waals surface area contributed by atoms with E-state index in [9.17, 15) is 4.79 Å². The van der Waals surface area contributed by atoms with Crippen molar-refractivity contribution in [2.45, 2.75) is 39.7 Å². The molecule has 1 aromatic heterocycles. The van der Waals surface area contributed by atoms with Gasteiger partial charge in [-0.05, 0) is 31.0 Å². The molecule has 2 aromatic rings. The number of nitrogens with zero attached hydrogens (tertiary/aromatic N) is 2. The number of imidazole rings is 1. The van der Waals surface area contributed by atoms with Gasteiger partial charge >= 0.3 is 0 Å². The number of ether oxygens (including phenoxy) is 1. The molecule has 1 aromatic carbocycles. The van der Waals surface area contributed by atoms with Crippen LogP contribution in [0.3, 0.4) is 0 Å². The van der Waals surface area contributed by atoms with Gasteiger partial charge in [-0.25, -0.2) is 4.98 Å². The number of rotatable bonds is 8. The summed E-state index contributed by atoms with van der Waals surface area (Å²) in [6.45, 7) is 5.26. The lowest BCUT2D eigenvalue weighted by Crippen LogP contribution is -2.06. The maximum absolute atomic E-state index is 11.0. The van der Waals surface area contributed by atoms with Crippen LogP contribution in [-0.2, 0) is 6.54 Å². The fraction of sp³-hybridized carbons (Fsp3) is 0.412. The first kappa shape index (κ1) is 16.6. The molecule has 118 valence electrons. The summed E-state index contributed by atoms with van der Waals surface area (Å²) in [4.78, 5) is 15.2. The second-order valence-corrected chi connectivity index (χ2v) is 5.65. The Bertz CT molecular complexity index is 638. The average Bonchev–Trinajstić information content (AvgIpc) is 2.86. The first-order valence-electron chi connectivity index (χ1n) is 7.54. The summed E-state index contributed by atoms with van der Waals surface area (Å²) in [5.74, 6) is 1.57. The van der Waals surface area contributed by atoms with E-state index in [1.807, 2.05) is 29.7 Å². The normalized spacial score (nSPS) is 10.7. The molecule has 0 atom stereocenters. The van der Waals surface area contributed by atoms with Crippen LogP contribution >= 0.6 is 11.6 Å². The molecular weight excluding hydrogens is 300 g/mol. The SMILES string of the molecule is CCCCCOc1ccc(Cn2c(C=O)cnc2C)c(Cl)c1. The molecule has 0 bridgehead atoms. The van der Waals surface area contributed by atoms with Crippen LogP contribution in [0.4, 0.5) is 0 Å². The summed E-state index contributed by atoms with van der Waals surface area (Å²) in [5.41, 5.74) is 1.49. The molecule has 0 N–H and O–H groups in total. The fourth-order valence-electron chi connectivity index (χ4n) is 2.24. The Morgan fingerprint density at radius 1 is 1.36 bits per heavy atom. The van der Waals surface area contributed by atoms with Crippen molar-refractivity contribution in [3.8, 4) is 5.75 Å². The number of halogens is 1. The van der Waals surface area contributed by atoms with Gasteiger partial charge in [0.25, 0.3) is 0 Å². The van der Waals surface area contributed by atoms with Gasteiger partial charge in [0, 0.05) is 5.02 Å². The molecule has 0 saturated carbocycles. The Morgan fingerprint density at radius 3 is 2.86 bits per heavy atom. The van der Waals surface area contributed by atoms with Crippen LogP contribution < -0.4 is 4.74 Å². The van der Waals surface area contributed by atoms with Crippen molar-refractivity contribution in [3.63, 3.8) is 0 Å². The van der Waals surface area contributed by atoms with Gasteiger partial charge in [-0.3, -0.25) is 4.79 Å². The molecule has 2 rings (SSSR count). The van der Waals surface area contributed by atoms with Crippen molar-refractivity contribution in [1.82, 2.24) is 9.55 Å². The Kier molecular flexibility index (Phi) is 6.01. The smallest absolute Gasteiger partial charge is 0.168 e. The van der Waals surface area contributed by atoms with Gasteiger partial charge in [0.2, 0.25) is 0 Å². The zero-order valence-electron chi connectivity index (χ0n) is 13.0. The minimum Gasteiger partial charge on any atom is -0.494 e. The summed E-state index contributed by atoms with van der Waals surface area (Å²) in [5, 5.41) is 0.637. The lowest BCUT2D eigenvalue weighted by molar-refractivity contribution is 0.111. The topological polar surface area (TPSA) is 44.1 Å². The molecule has 5 heteroatoms. The van der Waals surface area contributed by atoms with Gasteiger partial charge in [0.1, 0.15) is 17.3 Å². The molecule has 22 heavy (non-hydrogen) atoms. The second kappa shape index (κ2) is 7.99. The highest BCUT2D eigenvalue weighted by Crippen LogP contribution is 2.24. The number of hydrogen-bond acceptors (Lipinski definition) is 3. The van der Waals surface area contributed by atoms with Crippen LogP contribution in [0, 0.1) is 6.92 Å². The Labute approximate surface area is 136 Å². The average molecular weight is 321 g/mol. The minimum absolute atomic E-state index is 0.523. The monoisotopic (exact) mass is 320 g/mol. The quantitative estimate of drug-likeness (QED) is 0.539. The van der Waals surface area contributed by atoms with E-state index in [4.69, 9.17) is 16.3 Å². The third-order valence-electron chi connectivity index (χ3n) is 3.58. The van der Waals surface area contributed by atoms with Gasteiger partial charge in [-0.15, -0.1) is 0 Å². The van der Waals surface area contributed by atoms with Crippen LogP contribution in [0.5, 0.6) is 5.75 Å². The molecule has 0 unspecified atom stereocenters. The predicted molar refractivity (Wildman–Crippen MR) is 87.9 cm³/mol. The maximum Gasteiger partial charge on any atom is 0.168 e. The molecule has 0 aliphatic rings. The molecule has 0 aliphatic heterocycles. The van der Waals surface area contributed by atoms with E-state index in [1.54, 1.807) is 6.20 Å². The number of hydrogen-bond donors (Lipinski definition) is 0. The number of aldehydes is 1. The van der Waals surface area contributed by atoms with E-state index in [1.165, 1.54) is 12.8 Å². The van der Waals surface area contributed by atoms with Crippen molar-refractivity contribution in [2.24, 2.45) is 0 Å². The highest BCUT2D eigenvalue weighted by atomic mass is 35.5. The Balaban J connectivity index is 2.06. The standard InChI is InChI=1S/C17H21ClN2O2/c1-3-4-5-8-22-16-7-6-14(17(18)9-16)11-20-13(2)19-10-15(20)12-21/h6-7,9-10,12H,3-5,8,11H2,1-2H3. The molecule has 1 heterocycles. The first-order valence-corrected chi connectivity index (χ1v) is 7.92. The second-order valence-electron chi connectivity index (χ2n) is 5.24. The molecule has 0 fully saturated rings. The lowest BCUT2D eigenvalue weighted by atomic mass is 10.2. The predicted octanol–water partition coefficient (Wildman–Crippen LogP) is 4.27. The Morgan fingerprint density at radius 2 is 2.18 bits per heavy atom. The van der Waals surface area contributed by atoms with Gasteiger partial charge in [0.05, 0.1) is 19.3 Å². The third kappa shape index (κ3) is 4.10. The third-order valence-corrected chi connectivity index (χ3v) is 3.93. The van der Waals surface area contributed by atoms with Crippen LogP contribution in [0.15, 0.2) is 24.4 Å². The molecule has 4 nitrogen and oxygen atoms in total. The first-order chi connectivity index (χ1) is 10.7. The molecular formula is C17H21ClN2O2. The number of aromatic nitrogens is 2. The van der Waals surface area contributed by atoms with Crippen LogP contribution in [0.1, 0.15) is 48.1 Å². The zero-order chi connectivity index (χ0) is 15.9. The van der Waals surface area contributed by atoms with E-state index < -0.39 is 0 Å². The highest BCUT2D eigenvalue weighted by molar-refractivity contribution is 6.31. The van der Waals surface area contributed by atoms with Gasteiger partial charge in [-0.2, -0.15) is 0 Å². The van der Waals surface area contributed by atoms with Gasteiger partial charge in [0.15, 0.2) is 6.29 Å². The van der Waals surface area contributed by atoms with Gasteiger partial charge in [-0.1, -0.05) is 37.4 Å². The van der Waals surface area contributed by atoms with E-state index in [0.717, 1.165) is 29.8 Å². The van der Waals surface area contributed by atoms with E-state index >= 15 is 0 Å². The van der Waals surface area contributed by atoms with Crippen molar-refractivity contribution >= 4 is 17.9 Å².